The third-order valence-electron chi connectivity index (χ3n) is 5.52. The third kappa shape index (κ3) is 3.72. The maximum atomic E-state index is 13.1. The van der Waals surface area contributed by atoms with Crippen LogP contribution in [0.5, 0.6) is 0 Å². The number of benzene rings is 2. The summed E-state index contributed by atoms with van der Waals surface area (Å²) < 4.78 is 18.4. The number of rotatable bonds is 4. The average Bonchev–Trinajstić information content (AvgIpc) is 3.51. The Morgan fingerprint density at radius 1 is 0.966 bits per heavy atom. The van der Waals surface area contributed by atoms with E-state index in [1.807, 2.05) is 29.2 Å². The number of amides is 1. The fourth-order valence-corrected chi connectivity index (χ4v) is 3.61. The van der Waals surface area contributed by atoms with Crippen LogP contribution >= 0.6 is 0 Å². The maximum Gasteiger partial charge on any atom is 0.253 e. The number of aromatic nitrogens is 2. The fraction of sp³-hybridized carbons (Fsp3) is 0.318. The van der Waals surface area contributed by atoms with Crippen molar-refractivity contribution in [3.05, 3.63) is 65.8 Å². The number of hydrogen-bond acceptors (Lipinski definition) is 5. The SMILES string of the molecule is O=C(c1ccc(-c2noc(C3CC3)n2)cc1)N1CCN(c2ccc(F)cc2)CC1. The largest absolute Gasteiger partial charge is 0.368 e. The van der Waals surface area contributed by atoms with Gasteiger partial charge in [0.1, 0.15) is 5.82 Å². The zero-order chi connectivity index (χ0) is 19.8. The van der Waals surface area contributed by atoms with Gasteiger partial charge in [-0.2, -0.15) is 4.98 Å². The van der Waals surface area contributed by atoms with E-state index < -0.39 is 0 Å². The van der Waals surface area contributed by atoms with Crippen LogP contribution in [-0.2, 0) is 0 Å². The number of halogens is 1. The topological polar surface area (TPSA) is 62.5 Å². The first-order valence-corrected chi connectivity index (χ1v) is 9.91. The van der Waals surface area contributed by atoms with Crippen LogP contribution < -0.4 is 4.90 Å². The van der Waals surface area contributed by atoms with Gasteiger partial charge in [0.05, 0.1) is 0 Å². The van der Waals surface area contributed by atoms with E-state index in [0.717, 1.165) is 37.2 Å². The molecule has 2 heterocycles. The second kappa shape index (κ2) is 7.31. The number of anilines is 1. The highest BCUT2D eigenvalue weighted by atomic mass is 19.1. The predicted molar refractivity (Wildman–Crippen MR) is 106 cm³/mol. The number of nitrogens with zero attached hydrogens (tertiary/aromatic N) is 4. The molecule has 1 saturated carbocycles. The van der Waals surface area contributed by atoms with E-state index in [4.69, 9.17) is 4.52 Å². The summed E-state index contributed by atoms with van der Waals surface area (Å²) >= 11 is 0. The molecule has 0 radical (unpaired) electrons. The molecule has 0 N–H and O–H groups in total. The van der Waals surface area contributed by atoms with Crippen LogP contribution in [0.4, 0.5) is 10.1 Å². The van der Waals surface area contributed by atoms with Gasteiger partial charge in [0, 0.05) is 48.9 Å². The van der Waals surface area contributed by atoms with Crippen LogP contribution in [0.25, 0.3) is 11.4 Å². The van der Waals surface area contributed by atoms with Crippen molar-refractivity contribution >= 4 is 11.6 Å². The first-order chi connectivity index (χ1) is 14.2. The Morgan fingerprint density at radius 2 is 1.66 bits per heavy atom. The fourth-order valence-electron chi connectivity index (χ4n) is 3.61. The van der Waals surface area contributed by atoms with Crippen LogP contribution in [0.1, 0.15) is 35.0 Å². The minimum absolute atomic E-state index is 0.0158. The molecule has 29 heavy (non-hydrogen) atoms. The molecule has 0 bridgehead atoms. The standard InChI is InChI=1S/C22H21FN4O2/c23-18-7-9-19(10-8-18)26-11-13-27(14-12-26)22(28)17-5-1-15(2-6-17)20-24-21(29-25-20)16-3-4-16/h1-2,5-10,16H,3-4,11-14H2. The summed E-state index contributed by atoms with van der Waals surface area (Å²) in [6, 6.07) is 13.8. The van der Waals surface area contributed by atoms with E-state index >= 15 is 0 Å². The Labute approximate surface area is 167 Å². The van der Waals surface area contributed by atoms with Crippen LogP contribution in [-0.4, -0.2) is 47.1 Å². The molecule has 1 aliphatic carbocycles. The van der Waals surface area contributed by atoms with Crippen molar-refractivity contribution in [2.45, 2.75) is 18.8 Å². The van der Waals surface area contributed by atoms with Gasteiger partial charge in [-0.1, -0.05) is 17.3 Å². The summed E-state index contributed by atoms with van der Waals surface area (Å²) in [4.78, 5) is 21.3. The lowest BCUT2D eigenvalue weighted by Gasteiger charge is -2.36. The van der Waals surface area contributed by atoms with Crippen LogP contribution in [0.15, 0.2) is 53.1 Å². The molecule has 0 unspecified atom stereocenters. The third-order valence-corrected chi connectivity index (χ3v) is 5.52. The van der Waals surface area contributed by atoms with Crippen molar-refractivity contribution in [1.82, 2.24) is 15.0 Å². The van der Waals surface area contributed by atoms with E-state index in [2.05, 4.69) is 15.0 Å². The molecular weight excluding hydrogens is 371 g/mol. The van der Waals surface area contributed by atoms with Gasteiger partial charge < -0.3 is 14.3 Å². The second-order valence-corrected chi connectivity index (χ2v) is 7.56. The highest BCUT2D eigenvalue weighted by molar-refractivity contribution is 5.94. The maximum absolute atomic E-state index is 13.1. The van der Waals surface area contributed by atoms with Crippen molar-refractivity contribution in [3.63, 3.8) is 0 Å². The molecule has 148 valence electrons. The normalized spacial score (nSPS) is 16.9. The van der Waals surface area contributed by atoms with Gasteiger partial charge in [0.2, 0.25) is 11.7 Å². The molecule has 3 aromatic rings. The minimum atomic E-state index is -0.240. The Hall–Kier alpha value is -3.22. The Balaban J connectivity index is 1.22. The van der Waals surface area contributed by atoms with Crippen molar-refractivity contribution < 1.29 is 13.7 Å². The molecule has 2 fully saturated rings. The highest BCUT2D eigenvalue weighted by Crippen LogP contribution is 2.39. The lowest BCUT2D eigenvalue weighted by Crippen LogP contribution is -2.48. The first-order valence-electron chi connectivity index (χ1n) is 9.91. The summed E-state index contributed by atoms with van der Waals surface area (Å²) in [5, 5.41) is 4.04. The van der Waals surface area contributed by atoms with Crippen molar-refractivity contribution in [1.29, 1.82) is 0 Å². The van der Waals surface area contributed by atoms with Crippen molar-refractivity contribution in [2.75, 3.05) is 31.1 Å². The summed E-state index contributed by atoms with van der Waals surface area (Å²) in [5.41, 5.74) is 2.47. The van der Waals surface area contributed by atoms with Gasteiger partial charge in [0.25, 0.3) is 5.91 Å². The van der Waals surface area contributed by atoms with Gasteiger partial charge in [-0.05, 0) is 49.2 Å². The molecule has 0 spiro atoms. The Morgan fingerprint density at radius 3 is 2.31 bits per heavy atom. The number of carbonyl (C=O) groups is 1. The second-order valence-electron chi connectivity index (χ2n) is 7.56. The van der Waals surface area contributed by atoms with Gasteiger partial charge in [0.15, 0.2) is 0 Å². The Bertz CT molecular complexity index is 1000. The van der Waals surface area contributed by atoms with E-state index in [9.17, 15) is 9.18 Å². The lowest BCUT2D eigenvalue weighted by molar-refractivity contribution is 0.0747. The monoisotopic (exact) mass is 392 g/mol. The van der Waals surface area contributed by atoms with Gasteiger partial charge >= 0.3 is 0 Å². The predicted octanol–water partition coefficient (Wildman–Crippen LogP) is 3.72. The molecule has 1 amide bonds. The molecule has 1 aromatic heterocycles. The van der Waals surface area contributed by atoms with Crippen LogP contribution in [0.3, 0.4) is 0 Å². The molecule has 7 heteroatoms. The number of piperazine rings is 1. The van der Waals surface area contributed by atoms with Crippen LogP contribution in [0, 0.1) is 5.82 Å². The van der Waals surface area contributed by atoms with E-state index in [1.165, 1.54) is 12.1 Å². The molecular formula is C22H21FN4O2. The van der Waals surface area contributed by atoms with Crippen LogP contribution in [0.2, 0.25) is 0 Å². The first kappa shape index (κ1) is 17.8. The molecule has 2 aromatic carbocycles. The number of carbonyl (C=O) groups excluding carboxylic acids is 1. The summed E-state index contributed by atoms with van der Waals surface area (Å²) in [6.45, 7) is 2.71. The molecule has 1 saturated heterocycles. The number of hydrogen-bond donors (Lipinski definition) is 0. The van der Waals surface area contributed by atoms with E-state index in [-0.39, 0.29) is 11.7 Å². The molecule has 0 atom stereocenters. The van der Waals surface area contributed by atoms with E-state index in [1.54, 1.807) is 12.1 Å². The van der Waals surface area contributed by atoms with Gasteiger partial charge in [-0.15, -0.1) is 0 Å². The van der Waals surface area contributed by atoms with Gasteiger partial charge in [-0.3, -0.25) is 4.79 Å². The quantitative estimate of drug-likeness (QED) is 0.677. The summed E-state index contributed by atoms with van der Waals surface area (Å²) in [7, 11) is 0. The van der Waals surface area contributed by atoms with Gasteiger partial charge in [-0.25, -0.2) is 4.39 Å². The lowest BCUT2D eigenvalue weighted by atomic mass is 10.1. The van der Waals surface area contributed by atoms with E-state index in [0.29, 0.717) is 36.3 Å². The molecule has 6 nitrogen and oxygen atoms in total. The Kier molecular flexibility index (Phi) is 4.50. The summed E-state index contributed by atoms with van der Waals surface area (Å²) in [6.07, 6.45) is 2.23. The molecule has 5 rings (SSSR count). The molecule has 2 aliphatic rings. The minimum Gasteiger partial charge on any atom is -0.368 e. The molecule has 1 aliphatic heterocycles. The van der Waals surface area contributed by atoms with Crippen molar-refractivity contribution in [2.24, 2.45) is 0 Å². The highest BCUT2D eigenvalue weighted by Gasteiger charge is 2.30. The average molecular weight is 392 g/mol. The smallest absolute Gasteiger partial charge is 0.253 e. The zero-order valence-corrected chi connectivity index (χ0v) is 15.9. The summed E-state index contributed by atoms with van der Waals surface area (Å²) in [5.74, 6) is 1.47. The van der Waals surface area contributed by atoms with Crippen molar-refractivity contribution in [3.8, 4) is 11.4 Å². The zero-order valence-electron chi connectivity index (χ0n) is 15.9.